The van der Waals surface area contributed by atoms with Gasteiger partial charge in [-0.3, -0.25) is 4.57 Å². The van der Waals surface area contributed by atoms with Gasteiger partial charge >= 0.3 is 5.69 Å². The molecule has 168 valence electrons. The highest BCUT2D eigenvalue weighted by Gasteiger charge is 2.29. The predicted molar refractivity (Wildman–Crippen MR) is 123 cm³/mol. The molecule has 2 aliphatic rings. The van der Waals surface area contributed by atoms with E-state index in [1.54, 1.807) is 0 Å². The van der Waals surface area contributed by atoms with Crippen molar-refractivity contribution < 1.29 is 9.50 Å². The summed E-state index contributed by atoms with van der Waals surface area (Å²) in [5, 5.41) is 9.90. The number of nitrogens with zero attached hydrogens (tertiary/aromatic N) is 3. The number of nitrogens with one attached hydrogen (secondary N) is 1. The van der Waals surface area contributed by atoms with Crippen molar-refractivity contribution in [3.8, 4) is 5.88 Å². The van der Waals surface area contributed by atoms with E-state index in [1.165, 1.54) is 39.7 Å². The minimum absolute atomic E-state index is 0.0413. The number of rotatable bonds is 6. The van der Waals surface area contributed by atoms with Crippen LogP contribution in [0.1, 0.15) is 29.5 Å². The molecule has 0 spiro atoms. The van der Waals surface area contributed by atoms with Gasteiger partial charge in [-0.2, -0.15) is 0 Å². The first-order valence-electron chi connectivity index (χ1n) is 11.4. The van der Waals surface area contributed by atoms with Crippen LogP contribution in [0.3, 0.4) is 0 Å². The van der Waals surface area contributed by atoms with Crippen LogP contribution in [0.5, 0.6) is 5.88 Å². The van der Waals surface area contributed by atoms with Crippen LogP contribution in [-0.4, -0.2) is 51.8 Å². The van der Waals surface area contributed by atoms with E-state index >= 15 is 0 Å². The number of piperidine rings is 1. The van der Waals surface area contributed by atoms with E-state index in [0.29, 0.717) is 12.6 Å². The number of anilines is 1. The summed E-state index contributed by atoms with van der Waals surface area (Å²) in [7, 11) is 0. The molecule has 0 amide bonds. The molecule has 2 aliphatic heterocycles. The minimum Gasteiger partial charge on any atom is -0.493 e. The molecule has 5 rings (SSSR count). The number of benzene rings is 2. The van der Waals surface area contributed by atoms with E-state index in [9.17, 15) is 14.3 Å². The molecule has 1 saturated heterocycles. The van der Waals surface area contributed by atoms with Crippen molar-refractivity contribution in [3.05, 3.63) is 81.7 Å². The smallest absolute Gasteiger partial charge is 0.328 e. The van der Waals surface area contributed by atoms with Crippen molar-refractivity contribution in [2.45, 2.75) is 38.3 Å². The van der Waals surface area contributed by atoms with Crippen molar-refractivity contribution in [2.24, 2.45) is 0 Å². The molecule has 3 heterocycles. The maximum atomic E-state index is 13.1. The van der Waals surface area contributed by atoms with Crippen molar-refractivity contribution >= 4 is 5.69 Å². The zero-order valence-corrected chi connectivity index (χ0v) is 18.1. The Morgan fingerprint density at radius 1 is 1.03 bits per heavy atom. The first-order chi connectivity index (χ1) is 15.6. The molecule has 32 heavy (non-hydrogen) atoms. The van der Waals surface area contributed by atoms with E-state index < -0.39 is 0 Å². The number of likely N-dealkylation sites (tertiary alicyclic amines) is 1. The number of aromatic hydroxyl groups is 1. The zero-order valence-electron chi connectivity index (χ0n) is 18.1. The van der Waals surface area contributed by atoms with E-state index in [-0.39, 0.29) is 17.4 Å². The van der Waals surface area contributed by atoms with Gasteiger partial charge in [0.2, 0.25) is 5.88 Å². The molecular weight excluding hydrogens is 407 g/mol. The van der Waals surface area contributed by atoms with Crippen LogP contribution in [0, 0.1) is 5.82 Å². The number of imidazole rings is 1. The number of H-pyrrole nitrogens is 1. The molecule has 0 saturated carbocycles. The number of halogens is 1. The van der Waals surface area contributed by atoms with Crippen LogP contribution < -0.4 is 10.6 Å². The Morgan fingerprint density at radius 3 is 2.50 bits per heavy atom. The third kappa shape index (κ3) is 4.30. The van der Waals surface area contributed by atoms with Gasteiger partial charge in [0.15, 0.2) is 0 Å². The van der Waals surface area contributed by atoms with Gasteiger partial charge in [-0.15, -0.1) is 0 Å². The molecule has 0 unspecified atom stereocenters. The summed E-state index contributed by atoms with van der Waals surface area (Å²) < 4.78 is 14.4. The monoisotopic (exact) mass is 436 g/mol. The highest BCUT2D eigenvalue weighted by Crippen LogP contribution is 2.34. The number of fused-ring (bicyclic) bond motifs is 1. The second-order valence-corrected chi connectivity index (χ2v) is 8.89. The minimum atomic E-state index is -0.298. The zero-order chi connectivity index (χ0) is 22.1. The van der Waals surface area contributed by atoms with Crippen molar-refractivity contribution in [1.29, 1.82) is 0 Å². The van der Waals surface area contributed by atoms with Crippen LogP contribution in [-0.2, 0) is 19.4 Å². The van der Waals surface area contributed by atoms with Crippen LogP contribution in [0.15, 0.2) is 53.5 Å². The molecule has 0 atom stereocenters. The van der Waals surface area contributed by atoms with E-state index in [0.717, 1.165) is 57.4 Å². The Bertz CT molecular complexity index is 1130. The normalized spacial score (nSPS) is 17.1. The average molecular weight is 437 g/mol. The highest BCUT2D eigenvalue weighted by molar-refractivity contribution is 5.60. The van der Waals surface area contributed by atoms with Crippen molar-refractivity contribution in [3.63, 3.8) is 0 Å². The summed E-state index contributed by atoms with van der Waals surface area (Å²) in [6, 6.07) is 13.8. The topological polar surface area (TPSA) is 64.5 Å². The highest BCUT2D eigenvalue weighted by atomic mass is 19.1. The van der Waals surface area contributed by atoms with Gasteiger partial charge in [0.05, 0.1) is 12.7 Å². The Labute approximate surface area is 186 Å². The Morgan fingerprint density at radius 2 is 1.78 bits per heavy atom. The first kappa shape index (κ1) is 20.8. The maximum Gasteiger partial charge on any atom is 0.328 e. The number of aromatic amines is 1. The third-order valence-corrected chi connectivity index (χ3v) is 6.90. The summed E-state index contributed by atoms with van der Waals surface area (Å²) in [5.41, 5.74) is 4.53. The Hall–Kier alpha value is -3.06. The lowest BCUT2D eigenvalue weighted by Gasteiger charge is -2.38. The molecule has 2 aromatic carbocycles. The number of aromatic nitrogens is 2. The average Bonchev–Trinajstić information content (AvgIpc) is 3.37. The standard InChI is InChI=1S/C25H29FN4O2/c26-21-5-2-18(3-6-21)7-11-28-12-9-22(10-13-28)29-14-8-20-4-1-19(15-23(20)29)17-30-24(31)16-27-25(30)32/h1-6,15-16,22,31H,7-14,17H2,(H,27,32). The van der Waals surface area contributed by atoms with Crippen LogP contribution in [0.2, 0.25) is 0 Å². The third-order valence-electron chi connectivity index (χ3n) is 6.90. The summed E-state index contributed by atoms with van der Waals surface area (Å²) in [4.78, 5) is 19.5. The van der Waals surface area contributed by atoms with Crippen molar-refractivity contribution in [1.82, 2.24) is 14.5 Å². The Kier molecular flexibility index (Phi) is 5.74. The second kappa shape index (κ2) is 8.82. The molecule has 3 aromatic rings. The summed E-state index contributed by atoms with van der Waals surface area (Å²) in [6.45, 7) is 4.55. The summed E-state index contributed by atoms with van der Waals surface area (Å²) in [5.74, 6) is -0.221. The lowest BCUT2D eigenvalue weighted by Crippen LogP contribution is -2.45. The second-order valence-electron chi connectivity index (χ2n) is 8.89. The molecule has 0 aliphatic carbocycles. The molecule has 0 radical (unpaired) electrons. The fourth-order valence-electron chi connectivity index (χ4n) is 5.04. The predicted octanol–water partition coefficient (Wildman–Crippen LogP) is 3.14. The fraction of sp³-hybridized carbons (Fsp3) is 0.400. The van der Waals surface area contributed by atoms with E-state index in [1.807, 2.05) is 12.1 Å². The van der Waals surface area contributed by atoms with Crippen molar-refractivity contribution in [2.75, 3.05) is 31.1 Å². The van der Waals surface area contributed by atoms with E-state index in [4.69, 9.17) is 0 Å². The lowest BCUT2D eigenvalue weighted by molar-refractivity contribution is 0.212. The van der Waals surface area contributed by atoms with Gasteiger partial charge in [0, 0.05) is 37.9 Å². The first-order valence-corrected chi connectivity index (χ1v) is 11.4. The molecule has 1 fully saturated rings. The number of hydrogen-bond acceptors (Lipinski definition) is 4. The molecular formula is C25H29FN4O2. The fourth-order valence-corrected chi connectivity index (χ4v) is 5.04. The summed E-state index contributed by atoms with van der Waals surface area (Å²) >= 11 is 0. The molecule has 7 heteroatoms. The largest absolute Gasteiger partial charge is 0.493 e. The lowest BCUT2D eigenvalue weighted by atomic mass is 10.0. The maximum absolute atomic E-state index is 13.1. The van der Waals surface area contributed by atoms with Gasteiger partial charge in [-0.1, -0.05) is 24.3 Å². The number of hydrogen-bond donors (Lipinski definition) is 2. The van der Waals surface area contributed by atoms with Crippen LogP contribution in [0.4, 0.5) is 10.1 Å². The van der Waals surface area contributed by atoms with Gasteiger partial charge in [0.1, 0.15) is 5.82 Å². The van der Waals surface area contributed by atoms with Crippen LogP contribution >= 0.6 is 0 Å². The quantitative estimate of drug-likeness (QED) is 0.623. The van der Waals surface area contributed by atoms with Crippen LogP contribution in [0.25, 0.3) is 0 Å². The van der Waals surface area contributed by atoms with E-state index in [2.05, 4.69) is 33.0 Å². The summed E-state index contributed by atoms with van der Waals surface area (Å²) in [6.07, 6.45) is 5.59. The van der Waals surface area contributed by atoms with Gasteiger partial charge in [-0.05, 0) is 60.6 Å². The molecule has 0 bridgehead atoms. The van der Waals surface area contributed by atoms with Gasteiger partial charge in [-0.25, -0.2) is 9.18 Å². The Balaban J connectivity index is 1.20. The van der Waals surface area contributed by atoms with Gasteiger partial charge in [0.25, 0.3) is 0 Å². The molecule has 1 aromatic heterocycles. The molecule has 6 nitrogen and oxygen atoms in total. The SMILES string of the molecule is O=c1[nH]cc(O)n1Cc1ccc2c(c1)N(C1CCN(CCc3ccc(F)cc3)CC1)CC2. The molecule has 2 N–H and O–H groups in total. The van der Waals surface area contributed by atoms with Gasteiger partial charge < -0.3 is 19.9 Å².